The quantitative estimate of drug-likeness (QED) is 0.799. The lowest BCUT2D eigenvalue weighted by atomic mass is 9.79. The van der Waals surface area contributed by atoms with Crippen LogP contribution >= 0.6 is 22.9 Å². The molecule has 1 aromatic heterocycles. The first-order valence-electron chi connectivity index (χ1n) is 9.18. The van der Waals surface area contributed by atoms with Crippen LogP contribution in [-0.4, -0.2) is 65.4 Å². The molecule has 0 radical (unpaired) electrons. The highest BCUT2D eigenvalue weighted by Gasteiger charge is 2.55. The van der Waals surface area contributed by atoms with Crippen molar-refractivity contribution in [3.63, 3.8) is 0 Å². The lowest BCUT2D eigenvalue weighted by Gasteiger charge is -2.38. The molecule has 2 bridgehead atoms. The van der Waals surface area contributed by atoms with Gasteiger partial charge in [-0.3, -0.25) is 14.5 Å². The van der Waals surface area contributed by atoms with Gasteiger partial charge in [-0.05, 0) is 32.9 Å². The Hall–Kier alpha value is -1.18. The summed E-state index contributed by atoms with van der Waals surface area (Å²) in [6.45, 7) is 6.77. The molecule has 2 aliphatic heterocycles. The number of aromatic nitrogens is 1. The summed E-state index contributed by atoms with van der Waals surface area (Å²) in [5, 5.41) is 3.17. The third-order valence-electron chi connectivity index (χ3n) is 5.53. The van der Waals surface area contributed by atoms with E-state index in [0.29, 0.717) is 22.6 Å². The second-order valence-corrected chi connectivity index (χ2v) is 9.39. The van der Waals surface area contributed by atoms with Crippen LogP contribution in [0.25, 0.3) is 0 Å². The van der Waals surface area contributed by atoms with Gasteiger partial charge in [0.05, 0.1) is 18.1 Å². The maximum absolute atomic E-state index is 13.0. The van der Waals surface area contributed by atoms with Gasteiger partial charge in [-0.2, -0.15) is 0 Å². The molecule has 3 aliphatic rings. The first kappa shape index (κ1) is 19.6. The van der Waals surface area contributed by atoms with Gasteiger partial charge in [0.1, 0.15) is 5.69 Å². The molecule has 1 N–H and O–H groups in total. The van der Waals surface area contributed by atoms with Crippen molar-refractivity contribution in [2.75, 3.05) is 20.6 Å². The number of carbonyl (C=O) groups is 2. The molecule has 8 heteroatoms. The first-order chi connectivity index (χ1) is 12.2. The molecule has 0 unspecified atom stereocenters. The van der Waals surface area contributed by atoms with E-state index in [9.17, 15) is 9.59 Å². The van der Waals surface area contributed by atoms with Crippen molar-refractivity contribution < 1.29 is 9.59 Å². The summed E-state index contributed by atoms with van der Waals surface area (Å²) in [7, 11) is 3.83. The standard InChI is InChI=1S/C18H27ClN4O2S/c1-6-11(22(4)5)16(24)20-13-10-7-12(13)23(8-10)17(25)14-15(9(2)3)26-18(19)21-14/h9-13H,6-8H2,1-5H3,(H,20,24)/t10-,11+,12-,13-/m1/s1. The number of thiazole rings is 1. The van der Waals surface area contributed by atoms with Crippen LogP contribution in [0.3, 0.4) is 0 Å². The minimum absolute atomic E-state index is 0.0473. The Kier molecular flexibility index (Phi) is 5.61. The Morgan fingerprint density at radius 3 is 2.69 bits per heavy atom. The molecule has 1 saturated carbocycles. The monoisotopic (exact) mass is 398 g/mol. The van der Waals surface area contributed by atoms with Crippen molar-refractivity contribution in [2.45, 2.75) is 57.7 Å². The Morgan fingerprint density at radius 1 is 1.42 bits per heavy atom. The van der Waals surface area contributed by atoms with Gasteiger partial charge in [0, 0.05) is 17.3 Å². The van der Waals surface area contributed by atoms with E-state index in [0.717, 1.165) is 17.7 Å². The normalized spacial score (nSPS) is 25.5. The van der Waals surface area contributed by atoms with Gasteiger partial charge in [-0.15, -0.1) is 11.3 Å². The van der Waals surface area contributed by atoms with E-state index >= 15 is 0 Å². The summed E-state index contributed by atoms with van der Waals surface area (Å²) in [6.07, 6.45) is 1.71. The molecule has 2 amide bonds. The molecule has 144 valence electrons. The van der Waals surface area contributed by atoms with E-state index in [1.807, 2.05) is 44.7 Å². The van der Waals surface area contributed by atoms with Crippen LogP contribution in [0.15, 0.2) is 0 Å². The minimum atomic E-state index is -0.135. The molecule has 3 heterocycles. The second kappa shape index (κ2) is 7.44. The van der Waals surface area contributed by atoms with Crippen LogP contribution in [0.1, 0.15) is 54.9 Å². The van der Waals surface area contributed by atoms with Crippen molar-refractivity contribution in [3.8, 4) is 0 Å². The SMILES string of the molecule is CC[C@@H](C(=O)N[C@@H]1[C@@H]2C[C@H]1N(C(=O)c1nc(Cl)sc1C(C)C)C2)N(C)C. The lowest BCUT2D eigenvalue weighted by Crippen LogP contribution is -2.58. The number of halogens is 1. The smallest absolute Gasteiger partial charge is 0.274 e. The molecule has 0 spiro atoms. The molecule has 1 aromatic rings. The number of hydrogen-bond donors (Lipinski definition) is 1. The number of amides is 2. The zero-order valence-electron chi connectivity index (χ0n) is 16.0. The third kappa shape index (κ3) is 3.37. The molecule has 1 aliphatic carbocycles. The van der Waals surface area contributed by atoms with Crippen molar-refractivity contribution >= 4 is 34.8 Å². The van der Waals surface area contributed by atoms with E-state index in [2.05, 4.69) is 10.3 Å². The average Bonchev–Trinajstić information content (AvgIpc) is 3.24. The van der Waals surface area contributed by atoms with E-state index in [-0.39, 0.29) is 35.9 Å². The fourth-order valence-corrected chi connectivity index (χ4v) is 5.22. The molecule has 4 rings (SSSR count). The van der Waals surface area contributed by atoms with Crippen molar-refractivity contribution in [1.29, 1.82) is 0 Å². The number of nitrogens with one attached hydrogen (secondary N) is 1. The second-order valence-electron chi connectivity index (χ2n) is 7.78. The number of nitrogens with zero attached hydrogens (tertiary/aromatic N) is 3. The minimum Gasteiger partial charge on any atom is -0.350 e. The summed E-state index contributed by atoms with van der Waals surface area (Å²) < 4.78 is 0.408. The average molecular weight is 399 g/mol. The zero-order valence-corrected chi connectivity index (χ0v) is 17.5. The summed E-state index contributed by atoms with van der Waals surface area (Å²) in [4.78, 5) is 34.6. The predicted molar refractivity (Wildman–Crippen MR) is 104 cm³/mol. The van der Waals surface area contributed by atoms with Crippen LogP contribution in [-0.2, 0) is 4.79 Å². The zero-order chi connectivity index (χ0) is 19.2. The highest BCUT2D eigenvalue weighted by molar-refractivity contribution is 7.16. The Balaban J connectivity index is 1.70. The first-order valence-corrected chi connectivity index (χ1v) is 10.4. The topological polar surface area (TPSA) is 65.5 Å². The molecule has 0 aromatic carbocycles. The maximum atomic E-state index is 13.0. The van der Waals surface area contributed by atoms with E-state index in [1.54, 1.807) is 0 Å². The molecule has 2 saturated heterocycles. The lowest BCUT2D eigenvalue weighted by molar-refractivity contribution is -0.127. The van der Waals surface area contributed by atoms with Crippen LogP contribution in [0, 0.1) is 5.92 Å². The van der Waals surface area contributed by atoms with Crippen LogP contribution in [0.2, 0.25) is 4.47 Å². The van der Waals surface area contributed by atoms with Gasteiger partial charge in [-0.25, -0.2) is 4.98 Å². The van der Waals surface area contributed by atoms with Gasteiger partial charge in [-0.1, -0.05) is 32.4 Å². The summed E-state index contributed by atoms with van der Waals surface area (Å²) in [6, 6.07) is -0.0160. The highest BCUT2D eigenvalue weighted by Crippen LogP contribution is 2.43. The fourth-order valence-electron chi connectivity index (χ4n) is 4.10. The summed E-state index contributed by atoms with van der Waals surface area (Å²) in [5.41, 5.74) is 0.479. The number of fused-ring (bicyclic) bond motifs is 1. The van der Waals surface area contributed by atoms with Crippen LogP contribution in [0.4, 0.5) is 0 Å². The Bertz CT molecular complexity index is 705. The number of carbonyl (C=O) groups excluding carboxylic acids is 2. The Labute approximate surface area is 163 Å². The van der Waals surface area contributed by atoms with Gasteiger partial charge in [0.2, 0.25) is 5.91 Å². The highest BCUT2D eigenvalue weighted by atomic mass is 35.5. The molecular formula is C18H27ClN4O2S. The summed E-state index contributed by atoms with van der Waals surface area (Å²) in [5.74, 6) is 0.536. The van der Waals surface area contributed by atoms with Gasteiger partial charge in [0.25, 0.3) is 5.91 Å². The molecule has 3 fully saturated rings. The fraction of sp³-hybridized carbons (Fsp3) is 0.722. The molecule has 26 heavy (non-hydrogen) atoms. The van der Waals surface area contributed by atoms with Crippen molar-refractivity contribution in [3.05, 3.63) is 15.0 Å². The molecule has 6 nitrogen and oxygen atoms in total. The predicted octanol–water partition coefficient (Wildman–Crippen LogP) is 2.59. The van der Waals surface area contributed by atoms with Gasteiger partial charge >= 0.3 is 0 Å². The Morgan fingerprint density at radius 2 is 2.12 bits per heavy atom. The summed E-state index contributed by atoms with van der Waals surface area (Å²) >= 11 is 7.44. The van der Waals surface area contributed by atoms with Crippen LogP contribution < -0.4 is 5.32 Å². The van der Waals surface area contributed by atoms with Gasteiger partial charge in [0.15, 0.2) is 4.47 Å². The van der Waals surface area contributed by atoms with Crippen LogP contribution in [0.5, 0.6) is 0 Å². The molecular weight excluding hydrogens is 372 g/mol. The number of hydrogen-bond acceptors (Lipinski definition) is 5. The van der Waals surface area contributed by atoms with E-state index in [1.165, 1.54) is 11.3 Å². The third-order valence-corrected chi connectivity index (χ3v) is 7.00. The van der Waals surface area contributed by atoms with Crippen molar-refractivity contribution in [2.24, 2.45) is 5.92 Å². The van der Waals surface area contributed by atoms with E-state index < -0.39 is 0 Å². The van der Waals surface area contributed by atoms with Crippen molar-refractivity contribution in [1.82, 2.24) is 20.1 Å². The van der Waals surface area contributed by atoms with E-state index in [4.69, 9.17) is 11.6 Å². The number of rotatable bonds is 6. The maximum Gasteiger partial charge on any atom is 0.274 e. The van der Waals surface area contributed by atoms with Gasteiger partial charge < -0.3 is 10.2 Å². The molecule has 4 atom stereocenters. The largest absolute Gasteiger partial charge is 0.350 e. The number of likely N-dealkylation sites (N-methyl/N-ethyl adjacent to an activating group) is 1.